The van der Waals surface area contributed by atoms with E-state index in [1.165, 1.54) is 4.68 Å². The number of aromatic nitrogens is 4. The van der Waals surface area contributed by atoms with E-state index in [0.29, 0.717) is 33.6 Å². The van der Waals surface area contributed by atoms with Crippen molar-refractivity contribution < 1.29 is 4.79 Å². The van der Waals surface area contributed by atoms with E-state index in [1.807, 2.05) is 73.7 Å². The second-order valence-corrected chi connectivity index (χ2v) is 7.28. The summed E-state index contributed by atoms with van der Waals surface area (Å²) < 4.78 is 1.43. The van der Waals surface area contributed by atoms with Crippen molar-refractivity contribution in [2.75, 3.05) is 11.1 Å². The number of aryl methyl sites for hydroxylation is 1. The zero-order valence-corrected chi connectivity index (χ0v) is 17.2. The van der Waals surface area contributed by atoms with Gasteiger partial charge in [-0.15, -0.1) is 0 Å². The quantitative estimate of drug-likeness (QED) is 0.426. The number of benzene rings is 2. The minimum absolute atomic E-state index is 0.146. The SMILES string of the molecule is Cc1cccc(NC(=O)c2c(N)n(/N=C/c3ccccn3)c3nc4ccccc4nc23)c1. The maximum absolute atomic E-state index is 13.2. The lowest BCUT2D eigenvalue weighted by Gasteiger charge is -2.06. The third-order valence-corrected chi connectivity index (χ3v) is 4.97. The first-order valence-corrected chi connectivity index (χ1v) is 10.0. The van der Waals surface area contributed by atoms with Gasteiger partial charge in [0.05, 0.1) is 22.9 Å². The van der Waals surface area contributed by atoms with E-state index in [1.54, 1.807) is 12.4 Å². The number of fused-ring (bicyclic) bond motifs is 2. The fraction of sp³-hybridized carbons (Fsp3) is 0.0417. The monoisotopic (exact) mass is 421 g/mol. The van der Waals surface area contributed by atoms with Crippen LogP contribution in [0, 0.1) is 6.92 Å². The summed E-state index contributed by atoms with van der Waals surface area (Å²) in [6.07, 6.45) is 3.24. The standard InChI is InChI=1S/C24H19N7O/c1-15-7-6-9-16(13-15)28-24(32)20-21-23(30-19-11-3-2-10-18(19)29-21)31(22(20)25)27-14-17-8-4-5-12-26-17/h2-14H,25H2,1H3,(H,28,32)/b27-14+. The van der Waals surface area contributed by atoms with Crippen molar-refractivity contribution in [3.05, 3.63) is 89.7 Å². The molecule has 3 N–H and O–H groups in total. The first kappa shape index (κ1) is 19.4. The number of anilines is 2. The number of amides is 1. The van der Waals surface area contributed by atoms with Gasteiger partial charge in [0.1, 0.15) is 16.9 Å². The Morgan fingerprint density at radius 1 is 1.03 bits per heavy atom. The predicted molar refractivity (Wildman–Crippen MR) is 126 cm³/mol. The summed E-state index contributed by atoms with van der Waals surface area (Å²) in [6.45, 7) is 1.96. The number of nitrogen functional groups attached to an aromatic ring is 1. The second kappa shape index (κ2) is 7.92. The lowest BCUT2D eigenvalue weighted by molar-refractivity contribution is 0.102. The molecule has 2 aromatic carbocycles. The number of pyridine rings is 1. The Hall–Kier alpha value is -4.59. The largest absolute Gasteiger partial charge is 0.383 e. The van der Waals surface area contributed by atoms with E-state index in [4.69, 9.17) is 5.73 Å². The molecule has 5 aromatic rings. The van der Waals surface area contributed by atoms with Gasteiger partial charge < -0.3 is 11.1 Å². The molecule has 0 aliphatic rings. The number of carbonyl (C=O) groups excluding carboxylic acids is 1. The zero-order chi connectivity index (χ0) is 22.1. The average Bonchev–Trinajstić information content (AvgIpc) is 3.07. The molecule has 0 spiro atoms. The van der Waals surface area contributed by atoms with E-state index in [0.717, 1.165) is 5.56 Å². The Balaban J connectivity index is 1.67. The number of para-hydroxylation sites is 2. The van der Waals surface area contributed by atoms with Crippen molar-refractivity contribution >= 4 is 45.8 Å². The molecule has 5 rings (SSSR count). The molecule has 0 aliphatic heterocycles. The average molecular weight is 421 g/mol. The number of nitrogens with one attached hydrogen (secondary N) is 1. The van der Waals surface area contributed by atoms with Gasteiger partial charge in [0.25, 0.3) is 5.91 Å². The van der Waals surface area contributed by atoms with Gasteiger partial charge in [0, 0.05) is 11.9 Å². The number of carbonyl (C=O) groups is 1. The minimum atomic E-state index is -0.380. The third kappa shape index (κ3) is 3.54. The fourth-order valence-corrected chi connectivity index (χ4v) is 3.47. The van der Waals surface area contributed by atoms with Crippen molar-refractivity contribution in [1.29, 1.82) is 0 Å². The molecule has 0 bridgehead atoms. The molecule has 32 heavy (non-hydrogen) atoms. The molecule has 156 valence electrons. The van der Waals surface area contributed by atoms with Crippen LogP contribution in [0.15, 0.2) is 78.0 Å². The second-order valence-electron chi connectivity index (χ2n) is 7.28. The molecule has 8 nitrogen and oxygen atoms in total. The number of hydrogen-bond acceptors (Lipinski definition) is 6. The van der Waals surface area contributed by atoms with Gasteiger partial charge in [-0.05, 0) is 48.9 Å². The lowest BCUT2D eigenvalue weighted by atomic mass is 10.2. The predicted octanol–water partition coefficient (Wildman–Crippen LogP) is 4.00. The normalized spacial score (nSPS) is 11.4. The number of nitrogens with zero attached hydrogens (tertiary/aromatic N) is 5. The van der Waals surface area contributed by atoms with Crippen LogP contribution >= 0.6 is 0 Å². The molecule has 8 heteroatoms. The highest BCUT2D eigenvalue weighted by Crippen LogP contribution is 2.28. The lowest BCUT2D eigenvalue weighted by Crippen LogP contribution is -2.14. The van der Waals surface area contributed by atoms with Gasteiger partial charge in [0.2, 0.25) is 0 Å². The summed E-state index contributed by atoms with van der Waals surface area (Å²) in [4.78, 5) is 26.9. The highest BCUT2D eigenvalue weighted by Gasteiger charge is 2.24. The van der Waals surface area contributed by atoms with Crippen LogP contribution in [0.3, 0.4) is 0 Å². The van der Waals surface area contributed by atoms with Crippen molar-refractivity contribution in [2.45, 2.75) is 6.92 Å². The summed E-state index contributed by atoms with van der Waals surface area (Å²) in [5.74, 6) is -0.234. The molecular weight excluding hydrogens is 402 g/mol. The molecule has 0 radical (unpaired) electrons. The van der Waals surface area contributed by atoms with Crippen LogP contribution in [0.1, 0.15) is 21.6 Å². The molecule has 0 atom stereocenters. The summed E-state index contributed by atoms with van der Waals surface area (Å²) in [5.41, 5.74) is 11.1. The van der Waals surface area contributed by atoms with E-state index >= 15 is 0 Å². The molecule has 3 aromatic heterocycles. The molecule has 0 fully saturated rings. The van der Waals surface area contributed by atoms with E-state index in [2.05, 4.69) is 25.4 Å². The first-order valence-electron chi connectivity index (χ1n) is 10.0. The smallest absolute Gasteiger partial charge is 0.261 e. The molecule has 0 unspecified atom stereocenters. The highest BCUT2D eigenvalue weighted by atomic mass is 16.1. The number of hydrogen-bond donors (Lipinski definition) is 2. The van der Waals surface area contributed by atoms with Gasteiger partial charge in [-0.2, -0.15) is 9.78 Å². The molecule has 0 saturated heterocycles. The van der Waals surface area contributed by atoms with Crippen LogP contribution in [0.25, 0.3) is 22.2 Å². The third-order valence-electron chi connectivity index (χ3n) is 4.97. The van der Waals surface area contributed by atoms with Gasteiger partial charge in [-0.3, -0.25) is 9.78 Å². The Morgan fingerprint density at radius 2 is 1.81 bits per heavy atom. The topological polar surface area (TPSA) is 111 Å². The molecule has 1 amide bonds. The fourth-order valence-electron chi connectivity index (χ4n) is 3.47. The van der Waals surface area contributed by atoms with Crippen LogP contribution in [-0.4, -0.2) is 31.7 Å². The van der Waals surface area contributed by atoms with Crippen LogP contribution in [0.5, 0.6) is 0 Å². The Labute approximate surface area is 183 Å². The van der Waals surface area contributed by atoms with Crippen molar-refractivity contribution in [3.8, 4) is 0 Å². The Morgan fingerprint density at radius 3 is 2.56 bits per heavy atom. The first-order chi connectivity index (χ1) is 15.6. The number of nitrogens with two attached hydrogens (primary N) is 1. The summed E-state index contributed by atoms with van der Waals surface area (Å²) in [6, 6.07) is 20.5. The van der Waals surface area contributed by atoms with Gasteiger partial charge in [-0.25, -0.2) is 9.97 Å². The van der Waals surface area contributed by atoms with Gasteiger partial charge in [-0.1, -0.05) is 30.3 Å². The zero-order valence-electron chi connectivity index (χ0n) is 17.2. The Kier molecular flexibility index (Phi) is 4.79. The maximum Gasteiger partial charge on any atom is 0.261 e. The minimum Gasteiger partial charge on any atom is -0.383 e. The van der Waals surface area contributed by atoms with Crippen LogP contribution in [-0.2, 0) is 0 Å². The van der Waals surface area contributed by atoms with Crippen molar-refractivity contribution in [2.24, 2.45) is 5.10 Å². The van der Waals surface area contributed by atoms with Gasteiger partial charge in [0.15, 0.2) is 5.65 Å². The van der Waals surface area contributed by atoms with E-state index in [9.17, 15) is 4.79 Å². The molecule has 3 heterocycles. The van der Waals surface area contributed by atoms with Crippen LogP contribution < -0.4 is 11.1 Å². The molecule has 0 aliphatic carbocycles. The van der Waals surface area contributed by atoms with Gasteiger partial charge >= 0.3 is 0 Å². The van der Waals surface area contributed by atoms with E-state index < -0.39 is 0 Å². The molecular formula is C24H19N7O. The van der Waals surface area contributed by atoms with E-state index in [-0.39, 0.29) is 17.3 Å². The maximum atomic E-state index is 13.2. The summed E-state index contributed by atoms with van der Waals surface area (Å²) in [5, 5.41) is 7.36. The number of rotatable bonds is 4. The highest BCUT2D eigenvalue weighted by molar-refractivity contribution is 6.16. The van der Waals surface area contributed by atoms with Crippen LogP contribution in [0.2, 0.25) is 0 Å². The van der Waals surface area contributed by atoms with Crippen LogP contribution in [0.4, 0.5) is 11.5 Å². The summed E-state index contributed by atoms with van der Waals surface area (Å²) in [7, 11) is 0. The summed E-state index contributed by atoms with van der Waals surface area (Å²) >= 11 is 0. The molecule has 0 saturated carbocycles. The van der Waals surface area contributed by atoms with Crippen molar-refractivity contribution in [1.82, 2.24) is 19.6 Å². The Bertz CT molecular complexity index is 1490. The van der Waals surface area contributed by atoms with Crippen molar-refractivity contribution in [3.63, 3.8) is 0 Å².